The number of aromatic nitrogens is 1. The molecule has 2 N–H and O–H groups in total. The fraction of sp³-hybridized carbons (Fsp3) is 0.158. The summed E-state index contributed by atoms with van der Waals surface area (Å²) >= 11 is 1.65. The van der Waals surface area contributed by atoms with E-state index in [0.717, 1.165) is 11.4 Å². The molecule has 0 saturated carbocycles. The maximum atomic E-state index is 13.6. The van der Waals surface area contributed by atoms with Gasteiger partial charge in [0.1, 0.15) is 5.82 Å². The number of halogens is 1. The zero-order valence-corrected chi connectivity index (χ0v) is 15.2. The van der Waals surface area contributed by atoms with E-state index in [0.29, 0.717) is 12.1 Å². The van der Waals surface area contributed by atoms with Crippen LogP contribution in [0.3, 0.4) is 0 Å². The van der Waals surface area contributed by atoms with Gasteiger partial charge in [0.15, 0.2) is 0 Å². The number of carbonyl (C=O) groups excluding carboxylic acids is 2. The lowest BCUT2D eigenvalue weighted by Crippen LogP contribution is -2.42. The molecule has 1 aromatic carbocycles. The van der Waals surface area contributed by atoms with Gasteiger partial charge in [0.25, 0.3) is 11.8 Å². The van der Waals surface area contributed by atoms with E-state index in [1.54, 1.807) is 23.5 Å². The number of hydrogen-bond acceptors (Lipinski definition) is 3. The lowest BCUT2D eigenvalue weighted by atomic mass is 10.2. The summed E-state index contributed by atoms with van der Waals surface area (Å²) in [6.07, 6.45) is 0. The topological polar surface area (TPSA) is 63.1 Å². The van der Waals surface area contributed by atoms with Crippen LogP contribution in [0.1, 0.15) is 37.0 Å². The Morgan fingerprint density at radius 3 is 2.38 bits per heavy atom. The third-order valence-corrected chi connectivity index (χ3v) is 4.98. The summed E-state index contributed by atoms with van der Waals surface area (Å²) in [5, 5.41) is 2.01. The number of carbonyl (C=O) groups is 2. The van der Waals surface area contributed by atoms with Crippen LogP contribution in [0.15, 0.2) is 47.8 Å². The van der Waals surface area contributed by atoms with Crippen molar-refractivity contribution in [3.05, 3.63) is 81.1 Å². The molecule has 0 bridgehead atoms. The number of nitrogens with zero attached hydrogens (tertiary/aromatic N) is 1. The number of thiophene rings is 1. The molecule has 0 fully saturated rings. The molecule has 2 amide bonds. The molecule has 0 radical (unpaired) electrons. The van der Waals surface area contributed by atoms with Crippen molar-refractivity contribution < 1.29 is 14.0 Å². The monoisotopic (exact) mass is 371 g/mol. The Morgan fingerprint density at radius 2 is 1.73 bits per heavy atom. The molecular weight excluding hydrogens is 353 g/mol. The number of hydrazine groups is 1. The van der Waals surface area contributed by atoms with Gasteiger partial charge >= 0.3 is 0 Å². The van der Waals surface area contributed by atoms with E-state index in [9.17, 15) is 14.0 Å². The average molecular weight is 371 g/mol. The van der Waals surface area contributed by atoms with E-state index in [4.69, 9.17) is 0 Å². The van der Waals surface area contributed by atoms with Crippen LogP contribution in [0.25, 0.3) is 0 Å². The van der Waals surface area contributed by atoms with E-state index >= 15 is 0 Å². The third kappa shape index (κ3) is 3.67. The number of aryl methyl sites for hydroxylation is 1. The van der Waals surface area contributed by atoms with Gasteiger partial charge in [-0.25, -0.2) is 4.39 Å². The van der Waals surface area contributed by atoms with Crippen molar-refractivity contribution >= 4 is 23.2 Å². The first-order valence-corrected chi connectivity index (χ1v) is 8.89. The molecule has 3 aromatic rings. The molecule has 0 unspecified atom stereocenters. The Kier molecular flexibility index (Phi) is 5.18. The van der Waals surface area contributed by atoms with Crippen LogP contribution in [0, 0.1) is 19.7 Å². The molecule has 7 heteroatoms. The highest BCUT2D eigenvalue weighted by Crippen LogP contribution is 2.19. The van der Waals surface area contributed by atoms with E-state index < -0.39 is 17.6 Å². The number of hydrogen-bond donors (Lipinski definition) is 2. The van der Waals surface area contributed by atoms with E-state index in [1.807, 2.05) is 35.9 Å². The van der Waals surface area contributed by atoms with Crippen LogP contribution < -0.4 is 10.9 Å². The summed E-state index contributed by atoms with van der Waals surface area (Å²) in [5.41, 5.74) is 6.68. The van der Waals surface area contributed by atoms with Gasteiger partial charge in [-0.2, -0.15) is 0 Å². The minimum absolute atomic E-state index is 0.129. The number of rotatable bonds is 4. The first-order chi connectivity index (χ1) is 12.5. The van der Waals surface area contributed by atoms with Gasteiger partial charge in [0, 0.05) is 16.3 Å². The molecule has 0 aliphatic carbocycles. The second-order valence-electron chi connectivity index (χ2n) is 5.84. The van der Waals surface area contributed by atoms with Crippen molar-refractivity contribution in [2.45, 2.75) is 20.4 Å². The Bertz CT molecular complexity index is 948. The SMILES string of the molecule is Cc1cc(C(=O)NNC(=O)c2ccccc2F)c(C)n1Cc1cccs1. The van der Waals surface area contributed by atoms with Crippen LogP contribution in [-0.2, 0) is 6.54 Å². The molecule has 0 aliphatic rings. The summed E-state index contributed by atoms with van der Waals surface area (Å²) in [6.45, 7) is 4.47. The third-order valence-electron chi connectivity index (χ3n) is 4.12. The largest absolute Gasteiger partial charge is 0.343 e. The second kappa shape index (κ2) is 7.53. The summed E-state index contributed by atoms with van der Waals surface area (Å²) in [4.78, 5) is 25.6. The van der Waals surface area contributed by atoms with E-state index in [1.165, 1.54) is 23.1 Å². The fourth-order valence-corrected chi connectivity index (χ4v) is 3.42. The first kappa shape index (κ1) is 17.9. The molecule has 5 nitrogen and oxygen atoms in total. The Balaban J connectivity index is 1.70. The lowest BCUT2D eigenvalue weighted by molar-refractivity contribution is 0.0844. The fourth-order valence-electron chi connectivity index (χ4n) is 2.73. The van der Waals surface area contributed by atoms with Crippen molar-refractivity contribution in [3.8, 4) is 0 Å². The van der Waals surface area contributed by atoms with Crippen LogP contribution >= 0.6 is 11.3 Å². The van der Waals surface area contributed by atoms with Gasteiger partial charge in [0.2, 0.25) is 0 Å². The summed E-state index contributed by atoms with van der Waals surface area (Å²) in [6, 6.07) is 11.4. The average Bonchev–Trinajstić information content (AvgIpc) is 3.23. The summed E-state index contributed by atoms with van der Waals surface area (Å²) in [5.74, 6) is -1.79. The van der Waals surface area contributed by atoms with Crippen molar-refractivity contribution in [2.75, 3.05) is 0 Å². The van der Waals surface area contributed by atoms with E-state index in [-0.39, 0.29) is 5.56 Å². The van der Waals surface area contributed by atoms with Crippen LogP contribution in [0.4, 0.5) is 4.39 Å². The highest BCUT2D eigenvalue weighted by Gasteiger charge is 2.17. The number of nitrogens with one attached hydrogen (secondary N) is 2. The van der Waals surface area contributed by atoms with Crippen LogP contribution in [0.2, 0.25) is 0 Å². The first-order valence-electron chi connectivity index (χ1n) is 8.01. The smallest absolute Gasteiger partial charge is 0.272 e. The Hall–Kier alpha value is -2.93. The van der Waals surface area contributed by atoms with Crippen molar-refractivity contribution in [1.29, 1.82) is 0 Å². The van der Waals surface area contributed by atoms with Crippen LogP contribution in [0.5, 0.6) is 0 Å². The molecule has 3 rings (SSSR count). The Labute approximate surface area is 154 Å². The van der Waals surface area contributed by atoms with Gasteiger partial charge in [0.05, 0.1) is 17.7 Å². The second-order valence-corrected chi connectivity index (χ2v) is 6.87. The Morgan fingerprint density at radius 1 is 1.04 bits per heavy atom. The zero-order valence-electron chi connectivity index (χ0n) is 14.4. The molecule has 0 spiro atoms. The maximum absolute atomic E-state index is 13.6. The molecule has 0 atom stereocenters. The minimum atomic E-state index is -0.705. The predicted molar refractivity (Wildman–Crippen MR) is 98.7 cm³/mol. The predicted octanol–water partition coefficient (Wildman–Crippen LogP) is 3.43. The molecule has 0 saturated heterocycles. The maximum Gasteiger partial charge on any atom is 0.272 e. The van der Waals surface area contributed by atoms with E-state index in [2.05, 4.69) is 10.9 Å². The number of benzene rings is 1. The highest BCUT2D eigenvalue weighted by molar-refractivity contribution is 7.09. The zero-order chi connectivity index (χ0) is 18.7. The van der Waals surface area contributed by atoms with Crippen molar-refractivity contribution in [1.82, 2.24) is 15.4 Å². The molecule has 2 aromatic heterocycles. The molecular formula is C19H18FN3O2S. The standard InChI is InChI=1S/C19H18FN3O2S/c1-12-10-16(13(2)23(12)11-14-6-5-9-26-14)19(25)22-21-18(24)15-7-3-4-8-17(15)20/h3-10H,11H2,1-2H3,(H,21,24)(H,22,25). The van der Waals surface area contributed by atoms with Gasteiger partial charge < -0.3 is 4.57 Å². The molecule has 134 valence electrons. The van der Waals surface area contributed by atoms with Crippen molar-refractivity contribution in [3.63, 3.8) is 0 Å². The van der Waals surface area contributed by atoms with Gasteiger partial charge in [-0.3, -0.25) is 20.4 Å². The van der Waals surface area contributed by atoms with Crippen molar-refractivity contribution in [2.24, 2.45) is 0 Å². The quantitative estimate of drug-likeness (QED) is 0.690. The summed E-state index contributed by atoms with van der Waals surface area (Å²) in [7, 11) is 0. The molecule has 2 heterocycles. The highest BCUT2D eigenvalue weighted by atomic mass is 32.1. The number of amides is 2. The normalized spacial score (nSPS) is 10.6. The van der Waals surface area contributed by atoms with Gasteiger partial charge in [-0.1, -0.05) is 18.2 Å². The lowest BCUT2D eigenvalue weighted by Gasteiger charge is -2.10. The molecule has 0 aliphatic heterocycles. The van der Waals surface area contributed by atoms with Crippen LogP contribution in [-0.4, -0.2) is 16.4 Å². The molecule has 26 heavy (non-hydrogen) atoms. The van der Waals surface area contributed by atoms with Gasteiger partial charge in [-0.15, -0.1) is 11.3 Å². The summed E-state index contributed by atoms with van der Waals surface area (Å²) < 4.78 is 15.7. The van der Waals surface area contributed by atoms with Gasteiger partial charge in [-0.05, 0) is 43.5 Å². The minimum Gasteiger partial charge on any atom is -0.343 e.